The summed E-state index contributed by atoms with van der Waals surface area (Å²) < 4.78 is 0. The molecule has 0 aromatic rings. The van der Waals surface area contributed by atoms with Gasteiger partial charge < -0.3 is 5.11 Å². The smallest absolute Gasteiger partial charge is 0.0693 e. The number of hydrogen-bond acceptors (Lipinski definition) is 2. The Labute approximate surface area is 202 Å². The maximum atomic E-state index is 10.5. The van der Waals surface area contributed by atoms with Gasteiger partial charge in [0.1, 0.15) is 0 Å². The molecule has 0 amide bonds. The second kappa shape index (κ2) is 7.22. The largest absolute Gasteiger partial charge is 0.395 e. The lowest BCUT2D eigenvalue weighted by atomic mass is 9.32. The Bertz CT molecular complexity index is 914. The van der Waals surface area contributed by atoms with Crippen LogP contribution in [-0.2, 0) is 0 Å². The van der Waals surface area contributed by atoms with Crippen molar-refractivity contribution in [2.24, 2.45) is 56.7 Å². The number of aliphatic hydroxyl groups is 1. The Hall–Kier alpha value is -1.07. The molecule has 2 heteroatoms. The van der Waals surface area contributed by atoms with Crippen molar-refractivity contribution in [1.82, 2.24) is 0 Å². The Morgan fingerprint density at radius 2 is 1.70 bits per heavy atom. The van der Waals surface area contributed by atoms with Crippen molar-refractivity contribution in [2.45, 2.75) is 98.8 Å². The minimum Gasteiger partial charge on any atom is -0.395 e. The van der Waals surface area contributed by atoms with Crippen LogP contribution in [0.3, 0.4) is 0 Å². The van der Waals surface area contributed by atoms with Gasteiger partial charge in [-0.3, -0.25) is 0 Å². The van der Waals surface area contributed by atoms with E-state index in [1.807, 2.05) is 0 Å². The monoisotopic (exact) mass is 449 g/mol. The third kappa shape index (κ3) is 2.70. The third-order valence-corrected chi connectivity index (χ3v) is 13.4. The molecule has 33 heavy (non-hydrogen) atoms. The minimum absolute atomic E-state index is 0.115. The van der Waals surface area contributed by atoms with Crippen LogP contribution in [0, 0.1) is 68.0 Å². The fourth-order valence-electron chi connectivity index (χ4n) is 11.3. The first kappa shape index (κ1) is 23.7. The summed E-state index contributed by atoms with van der Waals surface area (Å²) in [6.07, 6.45) is 11.9. The van der Waals surface area contributed by atoms with E-state index in [0.29, 0.717) is 35.0 Å². The van der Waals surface area contributed by atoms with E-state index in [4.69, 9.17) is 0 Å². The molecule has 5 rings (SSSR count). The average molecular weight is 450 g/mol. The zero-order valence-electron chi connectivity index (χ0n) is 22.0. The van der Waals surface area contributed by atoms with Crippen molar-refractivity contribution < 1.29 is 5.11 Å². The van der Waals surface area contributed by atoms with Crippen LogP contribution in [-0.4, -0.2) is 11.7 Å². The minimum atomic E-state index is -0.134. The van der Waals surface area contributed by atoms with Crippen LogP contribution in [0.2, 0.25) is 0 Å². The first-order chi connectivity index (χ1) is 15.4. The van der Waals surface area contributed by atoms with Crippen molar-refractivity contribution in [3.8, 4) is 6.07 Å². The SMILES string of the molecule is C=C(C)C1CCC2(C#N)CCC3(C)C(CCC4C5(C)CCC(=C)C(C)(CO)C5CCC43C)C12. The number of nitrogens with zero attached hydrogens (tertiary/aromatic N) is 1. The fraction of sp³-hybridized carbons (Fsp3) is 0.839. The molecule has 0 aromatic heterocycles. The molecule has 0 heterocycles. The molecule has 0 aliphatic heterocycles. The number of nitriles is 1. The molecular weight excluding hydrogens is 402 g/mol. The number of fused-ring (bicyclic) bond motifs is 7. The highest BCUT2D eigenvalue weighted by atomic mass is 16.3. The van der Waals surface area contributed by atoms with Gasteiger partial charge in [0.25, 0.3) is 0 Å². The second-order valence-electron chi connectivity index (χ2n) is 14.1. The van der Waals surface area contributed by atoms with Crippen LogP contribution < -0.4 is 0 Å². The topological polar surface area (TPSA) is 44.0 Å². The van der Waals surface area contributed by atoms with Crippen molar-refractivity contribution in [2.75, 3.05) is 6.61 Å². The van der Waals surface area contributed by atoms with Crippen molar-refractivity contribution >= 4 is 0 Å². The van der Waals surface area contributed by atoms with Gasteiger partial charge in [-0.2, -0.15) is 5.26 Å². The highest BCUT2D eigenvalue weighted by Gasteiger charge is 2.70. The summed E-state index contributed by atoms with van der Waals surface area (Å²) in [5, 5.41) is 20.9. The van der Waals surface area contributed by atoms with E-state index >= 15 is 0 Å². The molecule has 2 nitrogen and oxygen atoms in total. The Kier molecular flexibility index (Phi) is 5.18. The summed E-state index contributed by atoms with van der Waals surface area (Å²) >= 11 is 0. The van der Waals surface area contributed by atoms with E-state index in [1.165, 1.54) is 49.7 Å². The van der Waals surface area contributed by atoms with Crippen LogP contribution >= 0.6 is 0 Å². The predicted octanol–water partition coefficient (Wildman–Crippen LogP) is 7.70. The summed E-state index contributed by atoms with van der Waals surface area (Å²) in [6, 6.07) is 2.90. The van der Waals surface area contributed by atoms with Gasteiger partial charge in [0, 0.05) is 5.41 Å². The van der Waals surface area contributed by atoms with Gasteiger partial charge >= 0.3 is 0 Å². The lowest BCUT2D eigenvalue weighted by Crippen LogP contribution is -2.66. The summed E-state index contributed by atoms with van der Waals surface area (Å²) in [5.74, 6) is 2.89. The maximum absolute atomic E-state index is 10.5. The Morgan fingerprint density at radius 3 is 2.33 bits per heavy atom. The van der Waals surface area contributed by atoms with Gasteiger partial charge in [0.15, 0.2) is 0 Å². The van der Waals surface area contributed by atoms with E-state index in [2.05, 4.69) is 53.8 Å². The second-order valence-corrected chi connectivity index (χ2v) is 14.1. The number of hydrogen-bond donors (Lipinski definition) is 1. The van der Waals surface area contributed by atoms with Crippen LogP contribution in [0.5, 0.6) is 0 Å². The molecule has 10 unspecified atom stereocenters. The summed E-state index contributed by atoms with van der Waals surface area (Å²) in [7, 11) is 0. The van der Waals surface area contributed by atoms with Gasteiger partial charge in [-0.1, -0.05) is 52.0 Å². The molecule has 1 N–H and O–H groups in total. The highest BCUT2D eigenvalue weighted by Crippen LogP contribution is 2.77. The van der Waals surface area contributed by atoms with Gasteiger partial charge in [0.05, 0.1) is 18.1 Å². The zero-order valence-corrected chi connectivity index (χ0v) is 22.0. The molecule has 182 valence electrons. The van der Waals surface area contributed by atoms with Gasteiger partial charge in [0.2, 0.25) is 0 Å². The first-order valence-corrected chi connectivity index (χ1v) is 13.8. The summed E-state index contributed by atoms with van der Waals surface area (Å²) in [5.41, 5.74) is 3.21. The van der Waals surface area contributed by atoms with E-state index in [0.717, 1.165) is 25.7 Å². The molecule has 5 aliphatic carbocycles. The normalized spacial score (nSPS) is 55.5. The average Bonchev–Trinajstić information content (AvgIpc) is 3.17. The van der Waals surface area contributed by atoms with Crippen molar-refractivity contribution in [1.29, 1.82) is 5.26 Å². The highest BCUT2D eigenvalue weighted by molar-refractivity contribution is 5.27. The lowest BCUT2D eigenvalue weighted by molar-refractivity contribution is -0.230. The first-order valence-electron chi connectivity index (χ1n) is 13.8. The van der Waals surface area contributed by atoms with E-state index in [9.17, 15) is 10.4 Å². The Balaban J connectivity index is 1.56. The third-order valence-electron chi connectivity index (χ3n) is 13.4. The fourth-order valence-corrected chi connectivity index (χ4v) is 11.3. The van der Waals surface area contributed by atoms with Crippen LogP contribution in [0.15, 0.2) is 24.3 Å². The molecule has 0 bridgehead atoms. The quantitative estimate of drug-likeness (QED) is 0.439. The molecule has 10 atom stereocenters. The molecule has 0 spiro atoms. The van der Waals surface area contributed by atoms with E-state index in [-0.39, 0.29) is 28.3 Å². The molecule has 5 fully saturated rings. The van der Waals surface area contributed by atoms with Crippen molar-refractivity contribution in [3.05, 3.63) is 24.3 Å². The maximum Gasteiger partial charge on any atom is 0.0693 e. The molecule has 0 radical (unpaired) electrons. The number of rotatable bonds is 2. The van der Waals surface area contributed by atoms with E-state index < -0.39 is 0 Å². The zero-order chi connectivity index (χ0) is 24.0. The predicted molar refractivity (Wildman–Crippen MR) is 135 cm³/mol. The van der Waals surface area contributed by atoms with Crippen LogP contribution in [0.1, 0.15) is 98.8 Å². The molecule has 5 saturated carbocycles. The van der Waals surface area contributed by atoms with Gasteiger partial charge in [-0.05, 0) is 117 Å². The van der Waals surface area contributed by atoms with E-state index in [1.54, 1.807) is 0 Å². The number of allylic oxidation sites excluding steroid dienone is 1. The summed E-state index contributed by atoms with van der Waals surface area (Å²) in [4.78, 5) is 0. The number of aliphatic hydroxyl groups excluding tert-OH is 1. The molecule has 0 saturated heterocycles. The van der Waals surface area contributed by atoms with Crippen molar-refractivity contribution in [3.63, 3.8) is 0 Å². The Morgan fingerprint density at radius 1 is 0.970 bits per heavy atom. The summed E-state index contributed by atoms with van der Waals surface area (Å²) in [6.45, 7) is 21.5. The lowest BCUT2D eigenvalue weighted by Gasteiger charge is -2.72. The molecular formula is C31H47NO. The van der Waals surface area contributed by atoms with Gasteiger partial charge in [-0.15, -0.1) is 0 Å². The standard InChI is InChI=1S/C31H47NO/c1-20(2)22-11-15-31(18-32)17-16-29(6)23(26(22)31)8-9-25-27(4)13-10-21(3)28(5,19-33)24(27)12-14-30(25,29)7/h22-26,33H,1,3,8-17,19H2,2,4-7H3. The van der Waals surface area contributed by atoms with Crippen LogP contribution in [0.25, 0.3) is 0 Å². The molecule has 5 aliphatic rings. The van der Waals surface area contributed by atoms with Crippen LogP contribution in [0.4, 0.5) is 0 Å². The molecule has 0 aromatic carbocycles. The van der Waals surface area contributed by atoms with Gasteiger partial charge in [-0.25, -0.2) is 0 Å².